The fraction of sp³-hybridized carbons (Fsp3) is 0. The maximum absolute atomic E-state index is 9.60. The molecule has 0 aliphatic heterocycles. The molecular formula is C132H72BBr3N4O10. The van der Waals surface area contributed by atoms with Gasteiger partial charge in [0.2, 0.25) is 0 Å². The van der Waals surface area contributed by atoms with Gasteiger partial charge < -0.3 is 63.7 Å². The Morgan fingerprint density at radius 3 is 0.540 bits per heavy atom. The molecule has 0 bridgehead atoms. The number of para-hydroxylation sites is 8. The van der Waals surface area contributed by atoms with E-state index in [1.807, 2.05) is 30.3 Å². The molecule has 0 spiro atoms. The standard InChI is InChI=1S/C96H51N3O6.C30H18BNO4.C6H3Br3/c1-7-19-79-61(13-1)62-14-2-8-20-80(62)97(79)58-28-40-88-76(49-58)70-34-31-67-73-46-52(25-37-85(73)100-91(67)94(70)103-88)55-43-56(53-26-38-86-74(47-53)68-32-35-71-77-50-59(29-41-89(77)104-95(71)92(68)101-86)98-81-21-9-3-15-63(81)64-16-4-10-22-82(64)98)45-57(44-55)54-27-39-87-75(48-54)69-33-36-72-78-51-60(30-42-90(78)105-96(72)93(69)102-87)99-83-23-11-5-17-65(83)66-18-6-12-24-84(66)99;33-31(34)17-9-13-27-23(15-17)21-11-12-22-24-16-18(10-14-28(24)36-30(22)29(21)35-27)32-25-7-3-1-5-19(25)20-6-2-4-8-26(20)32;7-4-1-5(8)3-6(9)2-4/h1-51H;1-16,33-34H;1-3H. The van der Waals surface area contributed by atoms with Gasteiger partial charge in [0.1, 0.15) is 44.7 Å². The van der Waals surface area contributed by atoms with Gasteiger partial charge in [-0.3, -0.25) is 0 Å². The number of hydrogen-bond acceptors (Lipinski definition) is 10. The largest absolute Gasteiger partial charge is 0.488 e. The molecule has 0 aliphatic carbocycles. The van der Waals surface area contributed by atoms with Crippen molar-refractivity contribution in [3.8, 4) is 56.1 Å². The molecule has 14 nitrogen and oxygen atoms in total. The zero-order valence-electron chi connectivity index (χ0n) is 79.1. The second-order valence-corrected chi connectivity index (χ2v) is 41.7. The van der Waals surface area contributed by atoms with Gasteiger partial charge in [-0.25, -0.2) is 0 Å². The summed E-state index contributed by atoms with van der Waals surface area (Å²) in [5, 5.41) is 44.7. The lowest BCUT2D eigenvalue weighted by molar-refractivity contribution is 0.426. The molecule has 34 aromatic rings. The van der Waals surface area contributed by atoms with E-state index in [9.17, 15) is 10.0 Å². The van der Waals surface area contributed by atoms with Crippen LogP contribution in [0.5, 0.6) is 0 Å². The summed E-state index contributed by atoms with van der Waals surface area (Å²) < 4.78 is 66.1. The molecular weight excluding hydrogens is 2050 g/mol. The molecule has 0 saturated heterocycles. The molecule has 34 rings (SSSR count). The van der Waals surface area contributed by atoms with Crippen LogP contribution in [0, 0.1) is 0 Å². The maximum Gasteiger partial charge on any atom is 0.488 e. The first-order chi connectivity index (χ1) is 73.8. The molecule has 0 unspecified atom stereocenters. The summed E-state index contributed by atoms with van der Waals surface area (Å²) in [4.78, 5) is 0. The fourth-order valence-electron chi connectivity index (χ4n) is 23.9. The number of furan rings is 8. The van der Waals surface area contributed by atoms with E-state index in [4.69, 9.17) is 35.3 Å². The third kappa shape index (κ3) is 12.8. The maximum atomic E-state index is 9.60. The van der Waals surface area contributed by atoms with Crippen LogP contribution < -0.4 is 5.46 Å². The molecule has 18 heteroatoms. The van der Waals surface area contributed by atoms with E-state index in [0.717, 1.165) is 272 Å². The Bertz CT molecular complexity index is 10900. The van der Waals surface area contributed by atoms with Crippen LogP contribution in [0.1, 0.15) is 0 Å². The third-order valence-electron chi connectivity index (χ3n) is 30.7. The van der Waals surface area contributed by atoms with Crippen LogP contribution in [0.3, 0.4) is 0 Å². The summed E-state index contributed by atoms with van der Waals surface area (Å²) in [5.41, 5.74) is 32.1. The van der Waals surface area contributed by atoms with Gasteiger partial charge in [0.15, 0.2) is 44.7 Å². The molecule has 0 saturated carbocycles. The van der Waals surface area contributed by atoms with Crippen LogP contribution in [0.2, 0.25) is 0 Å². The second kappa shape index (κ2) is 32.4. The zero-order chi connectivity index (χ0) is 98.8. The highest BCUT2D eigenvalue weighted by Gasteiger charge is 2.28. The predicted molar refractivity (Wildman–Crippen MR) is 624 cm³/mol. The van der Waals surface area contributed by atoms with Gasteiger partial charge >= 0.3 is 7.12 Å². The Hall–Kier alpha value is -18.1. The van der Waals surface area contributed by atoms with E-state index in [1.165, 1.54) is 43.1 Å². The lowest BCUT2D eigenvalue weighted by atomic mass is 9.80. The lowest BCUT2D eigenvalue weighted by Gasteiger charge is -2.12. The van der Waals surface area contributed by atoms with Crippen LogP contribution in [-0.2, 0) is 0 Å². The quantitative estimate of drug-likeness (QED) is 0.140. The minimum atomic E-state index is -1.53. The minimum Gasteiger partial charge on any atom is -0.452 e. The summed E-state index contributed by atoms with van der Waals surface area (Å²) in [5.74, 6) is 0. The number of aromatic nitrogens is 4. The highest BCUT2D eigenvalue weighted by molar-refractivity contribution is 9.11. The first-order valence-corrected chi connectivity index (χ1v) is 52.1. The number of nitrogens with zero attached hydrogens (tertiary/aromatic N) is 4. The van der Waals surface area contributed by atoms with E-state index in [-0.39, 0.29) is 0 Å². The highest BCUT2D eigenvalue weighted by atomic mass is 79.9. The van der Waals surface area contributed by atoms with Crippen LogP contribution in [-0.4, -0.2) is 35.4 Å². The van der Waals surface area contributed by atoms with Crippen molar-refractivity contribution in [2.45, 2.75) is 0 Å². The molecule has 0 atom stereocenters. The van der Waals surface area contributed by atoms with E-state index in [0.29, 0.717) is 22.2 Å². The van der Waals surface area contributed by atoms with Gasteiger partial charge in [-0.1, -0.05) is 224 Å². The predicted octanol–water partition coefficient (Wildman–Crippen LogP) is 37.6. The summed E-state index contributed by atoms with van der Waals surface area (Å²) in [7, 11) is -1.53. The number of benzene rings is 22. The molecule has 0 radical (unpaired) electrons. The third-order valence-corrected chi connectivity index (χ3v) is 32.0. The fourth-order valence-corrected chi connectivity index (χ4v) is 26.4. The molecule has 704 valence electrons. The Morgan fingerprint density at radius 2 is 0.333 bits per heavy atom. The number of hydrogen-bond donors (Lipinski definition) is 2. The monoisotopic (exact) mass is 2120 g/mol. The Morgan fingerprint density at radius 1 is 0.153 bits per heavy atom. The summed E-state index contributed by atoms with van der Waals surface area (Å²) >= 11 is 10.1. The van der Waals surface area contributed by atoms with E-state index < -0.39 is 7.12 Å². The van der Waals surface area contributed by atoms with Crippen molar-refractivity contribution in [1.82, 2.24) is 18.3 Å². The smallest absolute Gasteiger partial charge is 0.452 e. The minimum absolute atomic E-state index is 0.422. The molecule has 12 heterocycles. The van der Waals surface area contributed by atoms with Crippen molar-refractivity contribution in [2.75, 3.05) is 0 Å². The van der Waals surface area contributed by atoms with Crippen LogP contribution in [0.25, 0.3) is 319 Å². The van der Waals surface area contributed by atoms with Crippen LogP contribution in [0.15, 0.2) is 473 Å². The molecule has 0 aliphatic rings. The summed E-state index contributed by atoms with van der Waals surface area (Å²) in [6.07, 6.45) is 0. The molecule has 0 amide bonds. The Labute approximate surface area is 873 Å². The first-order valence-electron chi connectivity index (χ1n) is 49.7. The Balaban J connectivity index is 0.000000181. The van der Waals surface area contributed by atoms with Crippen molar-refractivity contribution >= 4 is 323 Å². The average Bonchev–Trinajstić information content (AvgIpc) is 1.57. The normalized spacial score (nSPS) is 12.3. The number of halogens is 3. The second-order valence-electron chi connectivity index (χ2n) is 38.9. The average molecular weight is 2120 g/mol. The van der Waals surface area contributed by atoms with Gasteiger partial charge in [-0.15, -0.1) is 0 Å². The lowest BCUT2D eigenvalue weighted by Crippen LogP contribution is -2.29. The summed E-state index contributed by atoms with van der Waals surface area (Å²) in [6.45, 7) is 0. The molecule has 12 aromatic heterocycles. The molecule has 150 heavy (non-hydrogen) atoms. The van der Waals surface area contributed by atoms with Crippen molar-refractivity contribution < 1.29 is 45.4 Å². The highest BCUT2D eigenvalue weighted by Crippen LogP contribution is 2.51. The van der Waals surface area contributed by atoms with Crippen molar-refractivity contribution in [2.24, 2.45) is 0 Å². The van der Waals surface area contributed by atoms with Crippen molar-refractivity contribution in [3.63, 3.8) is 0 Å². The van der Waals surface area contributed by atoms with E-state index in [1.54, 1.807) is 18.2 Å². The van der Waals surface area contributed by atoms with Gasteiger partial charge in [0, 0.05) is 165 Å². The number of rotatable bonds is 8. The van der Waals surface area contributed by atoms with Crippen molar-refractivity contribution in [1.29, 1.82) is 0 Å². The first kappa shape index (κ1) is 85.1. The molecule has 0 fully saturated rings. The molecule has 2 N–H and O–H groups in total. The van der Waals surface area contributed by atoms with Crippen LogP contribution in [0.4, 0.5) is 0 Å². The number of fused-ring (bicyclic) bond motifs is 40. The van der Waals surface area contributed by atoms with Gasteiger partial charge in [0.05, 0.1) is 44.1 Å². The van der Waals surface area contributed by atoms with E-state index >= 15 is 0 Å². The topological polar surface area (TPSA) is 165 Å². The van der Waals surface area contributed by atoms with Gasteiger partial charge in [-0.05, 0) is 288 Å². The summed E-state index contributed by atoms with van der Waals surface area (Å²) in [6, 6.07) is 149. The SMILES string of the molecule is Brc1cc(Br)cc(Br)c1.OB(O)c1ccc2oc3c(ccc4c5cc(-n6c7ccccc7c7ccccc76)ccc5oc43)c2c1.c1ccc2c(c1)c1ccccc1n2-c1ccc2oc3c(ccc4c5cc(-c6cc(-c7ccc8oc9c(ccc%10c%11cc(-n%12c%13ccccc%13c%13ccccc%13%12)ccc%11oc%109)c8c7)cc(-c7ccc8oc9c(ccc%10c%11cc(-n%12c%13ccccc%13c%13ccccc%13%12)ccc%11oc%109)c8c7)c6)ccc5oc43)c2c1. The van der Waals surface area contributed by atoms with Crippen molar-refractivity contribution in [3.05, 3.63) is 438 Å². The van der Waals surface area contributed by atoms with Crippen LogP contribution >= 0.6 is 47.8 Å². The Kier molecular flexibility index (Phi) is 18.4. The van der Waals surface area contributed by atoms with E-state index in [2.05, 4.69) is 442 Å². The zero-order valence-corrected chi connectivity index (χ0v) is 83.8. The molecule has 22 aromatic carbocycles. The van der Waals surface area contributed by atoms with Gasteiger partial charge in [0.25, 0.3) is 0 Å². The van der Waals surface area contributed by atoms with Gasteiger partial charge in [-0.2, -0.15) is 0 Å².